The van der Waals surface area contributed by atoms with Gasteiger partial charge in [-0.05, 0) is 31.2 Å². The molecule has 2 heterocycles. The second-order valence-electron chi connectivity index (χ2n) is 5.48. The van der Waals surface area contributed by atoms with Gasteiger partial charge >= 0.3 is 0 Å². The van der Waals surface area contributed by atoms with E-state index >= 15 is 0 Å². The smallest absolute Gasteiger partial charge is 0.281 e. The van der Waals surface area contributed by atoms with Crippen molar-refractivity contribution in [2.45, 2.75) is 12.5 Å². The Balaban J connectivity index is 1.93. The molecule has 1 aliphatic heterocycles. The zero-order valence-electron chi connectivity index (χ0n) is 13.6. The van der Waals surface area contributed by atoms with Crippen LogP contribution in [0.1, 0.15) is 6.92 Å². The van der Waals surface area contributed by atoms with Gasteiger partial charge < -0.3 is 14.8 Å². The Morgan fingerprint density at radius 2 is 2.04 bits per heavy atom. The molecule has 124 valence electrons. The highest BCUT2D eigenvalue weighted by atomic mass is 16.5. The molecule has 1 atom stereocenters. The minimum Gasteiger partial charge on any atom is -0.495 e. The molecule has 0 fully saturated rings. The molecule has 1 N–H and O–H groups in total. The van der Waals surface area contributed by atoms with E-state index < -0.39 is 17.4 Å². The number of hydrogen-bond donors (Lipinski definition) is 1. The highest BCUT2D eigenvalue weighted by Crippen LogP contribution is 2.36. The average molecular weight is 327 g/mol. The third kappa shape index (κ3) is 2.44. The van der Waals surface area contributed by atoms with E-state index in [0.717, 1.165) is 0 Å². The second kappa shape index (κ2) is 5.84. The lowest BCUT2D eigenvalue weighted by atomic mass is 10.0. The molecule has 0 saturated carbocycles. The van der Waals surface area contributed by atoms with Gasteiger partial charge in [-0.2, -0.15) is 0 Å². The highest BCUT2D eigenvalue weighted by molar-refractivity contribution is 6.19. The zero-order valence-corrected chi connectivity index (χ0v) is 13.6. The lowest BCUT2D eigenvalue weighted by Crippen LogP contribution is -2.60. The summed E-state index contributed by atoms with van der Waals surface area (Å²) in [5, 5.41) is 2.70. The fraction of sp³-hybridized carbons (Fsp3) is 0.235. The number of nitrogens with one attached hydrogen (secondary N) is 1. The van der Waals surface area contributed by atoms with Crippen LogP contribution in [0.2, 0.25) is 0 Å². The van der Waals surface area contributed by atoms with Crippen LogP contribution in [0, 0.1) is 0 Å². The zero-order chi connectivity index (χ0) is 17.3. The van der Waals surface area contributed by atoms with Gasteiger partial charge in [0, 0.05) is 13.2 Å². The summed E-state index contributed by atoms with van der Waals surface area (Å²) in [5.74, 6) is 0.162. The summed E-state index contributed by atoms with van der Waals surface area (Å²) < 4.78 is 10.9. The number of nitrogens with zero attached hydrogens (tertiary/aromatic N) is 2. The topological polar surface area (TPSA) is 80.8 Å². The quantitative estimate of drug-likeness (QED) is 0.870. The Labute approximate surface area is 139 Å². The lowest BCUT2D eigenvalue weighted by molar-refractivity contribution is -0.145. The van der Waals surface area contributed by atoms with Gasteiger partial charge in [0.2, 0.25) is 0 Å². The summed E-state index contributed by atoms with van der Waals surface area (Å²) in [6.45, 7) is 1.44. The van der Waals surface area contributed by atoms with Crippen molar-refractivity contribution in [3.05, 3.63) is 42.6 Å². The van der Waals surface area contributed by atoms with E-state index in [9.17, 15) is 9.59 Å². The number of amides is 2. The molecule has 0 unspecified atom stereocenters. The number of benzene rings is 1. The number of carbonyl (C=O) groups excluding carboxylic acids is 2. The van der Waals surface area contributed by atoms with Gasteiger partial charge in [0.25, 0.3) is 17.4 Å². The molecule has 0 saturated heterocycles. The third-order valence-corrected chi connectivity index (χ3v) is 3.88. The van der Waals surface area contributed by atoms with Gasteiger partial charge in [-0.3, -0.25) is 14.5 Å². The molecule has 0 spiro atoms. The first-order chi connectivity index (χ1) is 11.5. The average Bonchev–Trinajstić information content (AvgIpc) is 2.60. The number of likely N-dealkylation sites (N-methyl/N-ethyl adjacent to an activating group) is 1. The van der Waals surface area contributed by atoms with Crippen LogP contribution in [0.25, 0.3) is 0 Å². The van der Waals surface area contributed by atoms with E-state index in [2.05, 4.69) is 10.3 Å². The maximum atomic E-state index is 12.8. The number of aromatic nitrogens is 1. The van der Waals surface area contributed by atoms with Crippen molar-refractivity contribution in [3.63, 3.8) is 0 Å². The molecule has 7 nitrogen and oxygen atoms in total. The number of carbonyl (C=O) groups is 2. The van der Waals surface area contributed by atoms with E-state index in [0.29, 0.717) is 23.0 Å². The van der Waals surface area contributed by atoms with Crippen LogP contribution < -0.4 is 19.7 Å². The molecule has 2 amide bonds. The van der Waals surface area contributed by atoms with Crippen molar-refractivity contribution in [1.82, 2.24) is 4.98 Å². The molecule has 24 heavy (non-hydrogen) atoms. The van der Waals surface area contributed by atoms with Gasteiger partial charge in [-0.15, -0.1) is 0 Å². The molecule has 1 aliphatic rings. The molecule has 3 rings (SSSR count). The first-order valence-corrected chi connectivity index (χ1v) is 7.34. The number of para-hydroxylation sites is 2. The normalized spacial score (nSPS) is 19.3. The van der Waals surface area contributed by atoms with Crippen molar-refractivity contribution in [2.75, 3.05) is 24.4 Å². The number of rotatable bonds is 3. The minimum atomic E-state index is -1.70. The molecular formula is C17H17N3O4. The Morgan fingerprint density at radius 3 is 2.79 bits per heavy atom. The molecule has 2 aromatic rings. The molecule has 0 radical (unpaired) electrons. The van der Waals surface area contributed by atoms with Crippen molar-refractivity contribution in [2.24, 2.45) is 0 Å². The summed E-state index contributed by atoms with van der Waals surface area (Å²) in [7, 11) is 3.07. The lowest BCUT2D eigenvalue weighted by Gasteiger charge is -2.36. The Kier molecular flexibility index (Phi) is 3.84. The SMILES string of the molecule is COc1ccccc1NC(=O)[C@@]1(C)Oc2cccnc2N(C)C1=O. The van der Waals surface area contributed by atoms with Gasteiger partial charge in [0.1, 0.15) is 5.75 Å². The fourth-order valence-electron chi connectivity index (χ4n) is 2.53. The maximum absolute atomic E-state index is 12.8. The first-order valence-electron chi connectivity index (χ1n) is 7.34. The number of fused-ring (bicyclic) bond motifs is 1. The van der Waals surface area contributed by atoms with Crippen molar-refractivity contribution >= 4 is 23.3 Å². The number of hydrogen-bond acceptors (Lipinski definition) is 5. The van der Waals surface area contributed by atoms with E-state index in [1.54, 1.807) is 49.6 Å². The van der Waals surface area contributed by atoms with Crippen LogP contribution >= 0.6 is 0 Å². The Morgan fingerprint density at radius 1 is 1.29 bits per heavy atom. The number of ether oxygens (including phenoxy) is 2. The van der Waals surface area contributed by atoms with Gasteiger partial charge in [0.15, 0.2) is 11.6 Å². The van der Waals surface area contributed by atoms with Crippen LogP contribution in [0.4, 0.5) is 11.5 Å². The first kappa shape index (κ1) is 15.8. The van der Waals surface area contributed by atoms with Crippen LogP contribution in [-0.4, -0.2) is 36.6 Å². The molecule has 7 heteroatoms. The number of methoxy groups -OCH3 is 1. The van der Waals surface area contributed by atoms with Gasteiger partial charge in [0.05, 0.1) is 12.8 Å². The Hall–Kier alpha value is -3.09. The number of pyridine rings is 1. The second-order valence-corrected chi connectivity index (χ2v) is 5.48. The summed E-state index contributed by atoms with van der Waals surface area (Å²) in [5.41, 5.74) is -1.24. The highest BCUT2D eigenvalue weighted by Gasteiger charge is 2.50. The van der Waals surface area contributed by atoms with E-state index in [4.69, 9.17) is 9.47 Å². The summed E-state index contributed by atoms with van der Waals surface area (Å²) in [4.78, 5) is 30.9. The third-order valence-electron chi connectivity index (χ3n) is 3.88. The number of anilines is 2. The molecule has 0 bridgehead atoms. The fourth-order valence-corrected chi connectivity index (χ4v) is 2.53. The predicted octanol–water partition coefficient (Wildman–Crippen LogP) is 1.84. The van der Waals surface area contributed by atoms with Gasteiger partial charge in [-0.25, -0.2) is 4.98 Å². The van der Waals surface area contributed by atoms with Crippen molar-refractivity contribution in [1.29, 1.82) is 0 Å². The molecular weight excluding hydrogens is 310 g/mol. The summed E-state index contributed by atoms with van der Waals surface area (Å²) in [6, 6.07) is 10.3. The van der Waals surface area contributed by atoms with Crippen LogP contribution in [-0.2, 0) is 9.59 Å². The van der Waals surface area contributed by atoms with E-state index in [1.807, 2.05) is 0 Å². The molecule has 1 aromatic heterocycles. The van der Waals surface area contributed by atoms with Gasteiger partial charge in [-0.1, -0.05) is 12.1 Å². The van der Waals surface area contributed by atoms with Crippen LogP contribution in [0.5, 0.6) is 11.5 Å². The Bertz CT molecular complexity index is 808. The van der Waals surface area contributed by atoms with E-state index in [1.165, 1.54) is 18.9 Å². The van der Waals surface area contributed by atoms with Crippen molar-refractivity contribution in [3.8, 4) is 11.5 Å². The predicted molar refractivity (Wildman–Crippen MR) is 88.3 cm³/mol. The standard InChI is InChI=1S/C17H17N3O4/c1-17(15(21)19-11-7-4-5-8-12(11)23-3)16(22)20(2)14-13(24-17)9-6-10-18-14/h4-10H,1-3H3,(H,19,21)/t17-/m1/s1. The van der Waals surface area contributed by atoms with E-state index in [-0.39, 0.29) is 0 Å². The monoisotopic (exact) mass is 327 g/mol. The minimum absolute atomic E-state index is 0.372. The van der Waals surface area contributed by atoms with Crippen molar-refractivity contribution < 1.29 is 19.1 Å². The molecule has 1 aromatic carbocycles. The molecule has 0 aliphatic carbocycles. The summed E-state index contributed by atoms with van der Waals surface area (Å²) >= 11 is 0. The van der Waals surface area contributed by atoms with Crippen LogP contribution in [0.15, 0.2) is 42.6 Å². The maximum Gasteiger partial charge on any atom is 0.281 e. The largest absolute Gasteiger partial charge is 0.495 e. The summed E-state index contributed by atoms with van der Waals surface area (Å²) in [6.07, 6.45) is 1.56. The van der Waals surface area contributed by atoms with Crippen LogP contribution in [0.3, 0.4) is 0 Å².